The van der Waals surface area contributed by atoms with Crippen molar-refractivity contribution in [3.8, 4) is 12.8 Å². The summed E-state index contributed by atoms with van der Waals surface area (Å²) in [6.07, 6.45) is 28.3. The van der Waals surface area contributed by atoms with E-state index < -0.39 is 0 Å². The Bertz CT molecular complexity index is 618. The van der Waals surface area contributed by atoms with Gasteiger partial charge in [-0.25, -0.2) is 0 Å². The first-order chi connectivity index (χ1) is 16.5. The van der Waals surface area contributed by atoms with E-state index in [4.69, 9.17) is 5.73 Å². The van der Waals surface area contributed by atoms with E-state index in [2.05, 4.69) is 99.6 Å². The van der Waals surface area contributed by atoms with Gasteiger partial charge in [0.2, 0.25) is 0 Å². The minimum absolute atomic E-state index is 0.347. The van der Waals surface area contributed by atoms with Gasteiger partial charge in [0.1, 0.15) is 0 Å². The second-order valence-corrected chi connectivity index (χ2v) is 10.6. The van der Waals surface area contributed by atoms with Crippen LogP contribution in [0.25, 0.3) is 0 Å². The van der Waals surface area contributed by atoms with Gasteiger partial charge in [-0.15, -0.1) is 19.4 Å². The average molecular weight is 486 g/mol. The van der Waals surface area contributed by atoms with E-state index in [1.807, 2.05) is 19.9 Å². The molecule has 0 amide bonds. The zero-order valence-electron chi connectivity index (χ0n) is 25.6. The molecule has 0 radical (unpaired) electrons. The Kier molecular flexibility index (Phi) is 23.6. The second kappa shape index (κ2) is 21.7. The lowest BCUT2D eigenvalue weighted by Gasteiger charge is -2.46. The van der Waals surface area contributed by atoms with Gasteiger partial charge in [0.05, 0.1) is 0 Å². The van der Waals surface area contributed by atoms with Crippen LogP contribution in [0.1, 0.15) is 127 Å². The number of hydrogen-bond donors (Lipinski definition) is 1. The fraction of sp³-hybridized carbons (Fsp3) is 0.706. The molecule has 1 heteroatoms. The quantitative estimate of drug-likeness (QED) is 0.268. The Morgan fingerprint density at radius 2 is 1.83 bits per heavy atom. The second-order valence-electron chi connectivity index (χ2n) is 10.6. The lowest BCUT2D eigenvalue weighted by Crippen LogP contribution is -2.36. The molecule has 0 saturated carbocycles. The minimum atomic E-state index is 0.347. The van der Waals surface area contributed by atoms with E-state index in [0.29, 0.717) is 16.9 Å². The highest BCUT2D eigenvalue weighted by atomic mass is 14.6. The van der Waals surface area contributed by atoms with Crippen LogP contribution in [-0.4, -0.2) is 6.04 Å². The van der Waals surface area contributed by atoms with Crippen molar-refractivity contribution in [3.63, 3.8) is 0 Å². The Balaban J connectivity index is -0.000000429. The number of fused-ring (bicyclic) bond motifs is 1. The number of hydrogen-bond acceptors (Lipinski definition) is 1. The van der Waals surface area contributed by atoms with Crippen molar-refractivity contribution in [1.82, 2.24) is 0 Å². The fourth-order valence-corrected chi connectivity index (χ4v) is 4.65. The monoisotopic (exact) mass is 485 g/mol. The molecule has 1 nitrogen and oxygen atoms in total. The maximum absolute atomic E-state index is 5.70. The maximum Gasteiger partial charge on any atom is 0.00733 e. The fourth-order valence-electron chi connectivity index (χ4n) is 4.65. The summed E-state index contributed by atoms with van der Waals surface area (Å²) >= 11 is 0. The minimum Gasteiger partial charge on any atom is -0.327 e. The predicted molar refractivity (Wildman–Crippen MR) is 165 cm³/mol. The number of unbranched alkanes of at least 4 members (excludes halogenated alkanes) is 1. The molecule has 2 aliphatic rings. The summed E-state index contributed by atoms with van der Waals surface area (Å²) in [5.41, 5.74) is 9.43. The van der Waals surface area contributed by atoms with Crippen LogP contribution in [0.5, 0.6) is 0 Å². The van der Waals surface area contributed by atoms with E-state index in [9.17, 15) is 0 Å². The summed E-state index contributed by atoms with van der Waals surface area (Å²) in [6, 6.07) is 0.349. The summed E-state index contributed by atoms with van der Waals surface area (Å²) in [4.78, 5) is 0. The zero-order valence-corrected chi connectivity index (χ0v) is 25.6. The number of terminal acetylenes is 1. The summed E-state index contributed by atoms with van der Waals surface area (Å²) in [5.74, 6) is 1.62. The highest BCUT2D eigenvalue weighted by Gasteiger charge is 2.40. The van der Waals surface area contributed by atoms with E-state index in [1.54, 1.807) is 5.57 Å². The molecule has 0 heterocycles. The highest BCUT2D eigenvalue weighted by molar-refractivity contribution is 5.33. The van der Waals surface area contributed by atoms with Crippen LogP contribution in [0.2, 0.25) is 0 Å². The predicted octanol–water partition coefficient (Wildman–Crippen LogP) is 10.7. The highest BCUT2D eigenvalue weighted by Crippen LogP contribution is 2.51. The molecule has 2 aliphatic carbocycles. The van der Waals surface area contributed by atoms with Crippen LogP contribution in [-0.2, 0) is 0 Å². The van der Waals surface area contributed by atoms with E-state index in [0.717, 1.165) is 24.7 Å². The summed E-state index contributed by atoms with van der Waals surface area (Å²) < 4.78 is 0. The molecule has 0 aliphatic heterocycles. The van der Waals surface area contributed by atoms with Crippen LogP contribution >= 0.6 is 0 Å². The van der Waals surface area contributed by atoms with Gasteiger partial charge in [-0.3, -0.25) is 0 Å². The van der Waals surface area contributed by atoms with Crippen molar-refractivity contribution in [1.29, 1.82) is 0 Å². The van der Waals surface area contributed by atoms with Gasteiger partial charge in [-0.1, -0.05) is 118 Å². The topological polar surface area (TPSA) is 26.0 Å². The molecule has 0 aromatic carbocycles. The average Bonchev–Trinajstić information content (AvgIpc) is 2.85. The Hall–Kier alpha value is -1.52. The molecule has 0 saturated heterocycles. The number of nitrogens with two attached hydrogens (primary N) is 1. The first-order valence-corrected chi connectivity index (χ1v) is 14.2. The largest absolute Gasteiger partial charge is 0.327 e. The molecule has 2 rings (SSSR count). The first kappa shape index (κ1) is 38.0. The zero-order chi connectivity index (χ0) is 28.1. The smallest absolute Gasteiger partial charge is 0.00733 e. The van der Waals surface area contributed by atoms with Gasteiger partial charge < -0.3 is 5.73 Å². The third kappa shape index (κ3) is 14.6. The van der Waals surface area contributed by atoms with Crippen LogP contribution in [0.4, 0.5) is 0 Å². The molecule has 0 spiro atoms. The Labute approximate surface area is 222 Å². The Morgan fingerprint density at radius 1 is 1.26 bits per heavy atom. The molecule has 4 unspecified atom stereocenters. The first-order valence-electron chi connectivity index (χ1n) is 14.2. The molecule has 0 fully saturated rings. The standard InChI is InChI=1S/C14H22.C8H17N.C8H16.C2H6.C2H2/c1-4-13-11(2)8-9-12-7-5-6-10-14(12,13)3;1-3-5-7-8(9)6-4-2;1-6-8(4,5)7(2)3;2*1-2/h7-9,11,13H,4-6,10H2,1-3H3;4,8H,2-3,5-7,9H2,1H3;2,6H2,1,3-5H3;1-2H3;1-2H. The number of rotatable bonds is 8. The summed E-state index contributed by atoms with van der Waals surface area (Å²) in [6.45, 7) is 29.6. The van der Waals surface area contributed by atoms with Gasteiger partial charge in [0.15, 0.2) is 0 Å². The molecule has 35 heavy (non-hydrogen) atoms. The van der Waals surface area contributed by atoms with E-state index in [-0.39, 0.29) is 0 Å². The summed E-state index contributed by atoms with van der Waals surface area (Å²) in [5, 5.41) is 0. The lowest BCUT2D eigenvalue weighted by atomic mass is 9.59. The molecule has 0 aromatic heterocycles. The SMILES string of the molecule is C#C.C=C(C)C(C)(C)CC.C=CCC(N)CCCC.CC.CCC1C(C)C=CC2=CCCCC21C. The van der Waals surface area contributed by atoms with Crippen molar-refractivity contribution in [3.05, 3.63) is 48.6 Å². The third-order valence-corrected chi connectivity index (χ3v) is 7.83. The van der Waals surface area contributed by atoms with Gasteiger partial charge >= 0.3 is 0 Å². The maximum atomic E-state index is 5.70. The van der Waals surface area contributed by atoms with Gasteiger partial charge in [-0.05, 0) is 73.7 Å². The third-order valence-electron chi connectivity index (χ3n) is 7.83. The number of allylic oxidation sites excluding steroid dienone is 5. The van der Waals surface area contributed by atoms with Crippen molar-refractivity contribution in [2.45, 2.75) is 133 Å². The van der Waals surface area contributed by atoms with E-state index in [1.165, 1.54) is 50.5 Å². The Morgan fingerprint density at radius 3 is 2.23 bits per heavy atom. The molecule has 0 aromatic rings. The van der Waals surface area contributed by atoms with E-state index >= 15 is 0 Å². The van der Waals surface area contributed by atoms with Crippen molar-refractivity contribution < 1.29 is 0 Å². The molecule has 4 atom stereocenters. The van der Waals surface area contributed by atoms with Crippen molar-refractivity contribution >= 4 is 0 Å². The molecular weight excluding hydrogens is 422 g/mol. The van der Waals surface area contributed by atoms with Crippen LogP contribution in [0, 0.1) is 35.5 Å². The molecule has 2 N–H and O–H groups in total. The van der Waals surface area contributed by atoms with Crippen LogP contribution in [0.3, 0.4) is 0 Å². The molecule has 0 bridgehead atoms. The molecular formula is C34H63N. The molecule has 204 valence electrons. The van der Waals surface area contributed by atoms with Gasteiger partial charge in [0.25, 0.3) is 0 Å². The lowest BCUT2D eigenvalue weighted by molar-refractivity contribution is 0.156. The van der Waals surface area contributed by atoms with Crippen LogP contribution < -0.4 is 5.73 Å². The van der Waals surface area contributed by atoms with Crippen molar-refractivity contribution in [2.75, 3.05) is 0 Å². The normalized spacial score (nSPS) is 22.9. The van der Waals surface area contributed by atoms with Crippen molar-refractivity contribution in [2.24, 2.45) is 28.4 Å². The van der Waals surface area contributed by atoms with Gasteiger partial charge in [0, 0.05) is 6.04 Å². The van der Waals surface area contributed by atoms with Gasteiger partial charge in [-0.2, -0.15) is 0 Å². The summed E-state index contributed by atoms with van der Waals surface area (Å²) in [7, 11) is 0. The van der Waals surface area contributed by atoms with Crippen LogP contribution in [0.15, 0.2) is 48.6 Å².